The minimum Gasteiger partial charge on any atom is -0.344 e. The Morgan fingerprint density at radius 2 is 1.40 bits per heavy atom. The van der Waals surface area contributed by atoms with Crippen molar-refractivity contribution in [3.63, 3.8) is 0 Å². The van der Waals surface area contributed by atoms with E-state index in [2.05, 4.69) is 26.5 Å². The van der Waals surface area contributed by atoms with Crippen LogP contribution in [-0.4, -0.2) is 29.3 Å². The van der Waals surface area contributed by atoms with Crippen molar-refractivity contribution in [2.75, 3.05) is 10.6 Å². The monoisotopic (exact) mass is 409 g/mol. The number of rotatable bonds is 7. The van der Waals surface area contributed by atoms with Gasteiger partial charge in [0.25, 0.3) is 0 Å². The summed E-state index contributed by atoms with van der Waals surface area (Å²) in [5.41, 5.74) is 4.19. The predicted octanol–water partition coefficient (Wildman–Crippen LogP) is 1.78. The molecule has 4 amide bonds. The highest BCUT2D eigenvalue weighted by molar-refractivity contribution is 6.35. The topological polar surface area (TPSA) is 129 Å². The van der Waals surface area contributed by atoms with Gasteiger partial charge in [-0.05, 0) is 24.6 Å². The van der Waals surface area contributed by atoms with Crippen LogP contribution in [0, 0.1) is 0 Å². The number of para-hydroxylation sites is 2. The summed E-state index contributed by atoms with van der Waals surface area (Å²) in [7, 11) is 0. The van der Waals surface area contributed by atoms with Gasteiger partial charge in [0.05, 0.1) is 17.8 Å². The number of nitrogens with zero attached hydrogens (tertiary/aromatic N) is 1. The molecule has 9 nitrogen and oxygen atoms in total. The first-order valence-corrected chi connectivity index (χ1v) is 9.17. The summed E-state index contributed by atoms with van der Waals surface area (Å²) in [4.78, 5) is 47.1. The molecule has 0 aliphatic heterocycles. The molecule has 0 atom stereocenters. The maximum atomic E-state index is 12.2. The molecule has 2 rings (SSSR count). The van der Waals surface area contributed by atoms with Gasteiger partial charge in [-0.2, -0.15) is 5.10 Å². The van der Waals surface area contributed by atoms with E-state index in [1.165, 1.54) is 6.92 Å². The number of benzene rings is 2. The van der Waals surface area contributed by atoms with Gasteiger partial charge in [-0.1, -0.05) is 42.5 Å². The molecule has 0 heterocycles. The molecule has 0 aliphatic carbocycles. The van der Waals surface area contributed by atoms with E-state index in [9.17, 15) is 19.2 Å². The molecule has 0 aliphatic rings. The van der Waals surface area contributed by atoms with E-state index in [0.717, 1.165) is 5.56 Å². The van der Waals surface area contributed by atoms with Crippen LogP contribution in [0.4, 0.5) is 11.4 Å². The van der Waals surface area contributed by atoms with Gasteiger partial charge in [0, 0.05) is 19.2 Å². The Hall–Kier alpha value is -4.01. The summed E-state index contributed by atoms with van der Waals surface area (Å²) in [5, 5.41) is 11.6. The average Bonchev–Trinajstić information content (AvgIpc) is 2.72. The number of hydrazone groups is 1. The third kappa shape index (κ3) is 7.55. The second kappa shape index (κ2) is 11.1. The standard InChI is InChI=1S/C21H23N5O4/c1-14(12-19(28)24-18-11-7-6-10-17(18)23-15(2)27)25-26-21(30)20(29)22-13-16-8-4-3-5-9-16/h3-11H,12-13H2,1-2H3,(H,22,29)(H,23,27)(H,24,28)(H,26,30). The fourth-order valence-electron chi connectivity index (χ4n) is 2.41. The normalized spacial score (nSPS) is 10.7. The van der Waals surface area contributed by atoms with Crippen LogP contribution in [0.1, 0.15) is 25.8 Å². The fourth-order valence-corrected chi connectivity index (χ4v) is 2.41. The molecular weight excluding hydrogens is 386 g/mol. The van der Waals surface area contributed by atoms with Crippen molar-refractivity contribution in [1.29, 1.82) is 0 Å². The average molecular weight is 409 g/mol. The quantitative estimate of drug-likeness (QED) is 0.316. The number of hydrogen-bond acceptors (Lipinski definition) is 5. The van der Waals surface area contributed by atoms with Crippen molar-refractivity contribution >= 4 is 40.7 Å². The minimum atomic E-state index is -0.929. The van der Waals surface area contributed by atoms with Gasteiger partial charge in [-0.25, -0.2) is 5.43 Å². The molecule has 0 unspecified atom stereocenters. The number of amides is 4. The Labute approximate surface area is 173 Å². The Balaban J connectivity index is 1.83. The summed E-state index contributed by atoms with van der Waals surface area (Å²) >= 11 is 0. The SMILES string of the molecule is CC(=O)Nc1ccccc1NC(=O)CC(C)=NNC(=O)C(=O)NCc1ccccc1. The van der Waals surface area contributed by atoms with Crippen LogP contribution in [0.3, 0.4) is 0 Å². The lowest BCUT2D eigenvalue weighted by molar-refractivity contribution is -0.139. The number of anilines is 2. The summed E-state index contributed by atoms with van der Waals surface area (Å²) in [6.07, 6.45) is -0.111. The molecule has 0 bridgehead atoms. The molecule has 156 valence electrons. The smallest absolute Gasteiger partial charge is 0.329 e. The van der Waals surface area contributed by atoms with Crippen LogP contribution < -0.4 is 21.4 Å². The molecule has 2 aromatic rings. The van der Waals surface area contributed by atoms with Crippen molar-refractivity contribution in [1.82, 2.24) is 10.7 Å². The lowest BCUT2D eigenvalue weighted by Crippen LogP contribution is -2.37. The van der Waals surface area contributed by atoms with Gasteiger partial charge in [-0.15, -0.1) is 0 Å². The number of nitrogens with one attached hydrogen (secondary N) is 4. The first-order valence-electron chi connectivity index (χ1n) is 9.17. The third-order valence-corrected chi connectivity index (χ3v) is 3.78. The minimum absolute atomic E-state index is 0.111. The van der Waals surface area contributed by atoms with Crippen LogP contribution in [0.5, 0.6) is 0 Å². The zero-order valence-electron chi connectivity index (χ0n) is 16.7. The van der Waals surface area contributed by atoms with Crippen LogP contribution in [0.25, 0.3) is 0 Å². The van der Waals surface area contributed by atoms with Crippen molar-refractivity contribution < 1.29 is 19.2 Å². The van der Waals surface area contributed by atoms with Crippen LogP contribution in [0.15, 0.2) is 59.7 Å². The van der Waals surface area contributed by atoms with Gasteiger partial charge < -0.3 is 16.0 Å². The highest BCUT2D eigenvalue weighted by atomic mass is 16.2. The second-order valence-electron chi connectivity index (χ2n) is 6.41. The van der Waals surface area contributed by atoms with Crippen molar-refractivity contribution in [2.45, 2.75) is 26.8 Å². The maximum absolute atomic E-state index is 12.2. The molecule has 9 heteroatoms. The van der Waals surface area contributed by atoms with Gasteiger partial charge in [0.15, 0.2) is 0 Å². The summed E-state index contributed by atoms with van der Waals surface area (Å²) < 4.78 is 0. The van der Waals surface area contributed by atoms with E-state index < -0.39 is 17.7 Å². The van der Waals surface area contributed by atoms with Crippen LogP contribution >= 0.6 is 0 Å². The lowest BCUT2D eigenvalue weighted by atomic mass is 10.2. The maximum Gasteiger partial charge on any atom is 0.329 e. The van der Waals surface area contributed by atoms with E-state index in [1.54, 1.807) is 31.2 Å². The zero-order valence-corrected chi connectivity index (χ0v) is 16.7. The van der Waals surface area contributed by atoms with E-state index in [0.29, 0.717) is 17.1 Å². The van der Waals surface area contributed by atoms with Crippen molar-refractivity contribution in [3.05, 3.63) is 60.2 Å². The second-order valence-corrected chi connectivity index (χ2v) is 6.41. The van der Waals surface area contributed by atoms with Gasteiger partial charge >= 0.3 is 11.8 Å². The Morgan fingerprint density at radius 1 is 0.800 bits per heavy atom. The highest BCUT2D eigenvalue weighted by Gasteiger charge is 2.13. The van der Waals surface area contributed by atoms with Crippen molar-refractivity contribution in [2.24, 2.45) is 5.10 Å². The first-order chi connectivity index (χ1) is 14.3. The van der Waals surface area contributed by atoms with Crippen molar-refractivity contribution in [3.8, 4) is 0 Å². The number of carbonyl (C=O) groups excluding carboxylic acids is 4. The molecule has 0 fully saturated rings. The number of hydrogen-bond donors (Lipinski definition) is 4. The van der Waals surface area contributed by atoms with E-state index in [1.807, 2.05) is 30.3 Å². The molecule has 0 aromatic heterocycles. The largest absolute Gasteiger partial charge is 0.344 e. The predicted molar refractivity (Wildman–Crippen MR) is 114 cm³/mol. The molecule has 4 N–H and O–H groups in total. The molecule has 0 spiro atoms. The van der Waals surface area contributed by atoms with Crippen LogP contribution in [0.2, 0.25) is 0 Å². The van der Waals surface area contributed by atoms with E-state index in [-0.39, 0.29) is 18.9 Å². The lowest BCUT2D eigenvalue weighted by Gasteiger charge is -2.11. The van der Waals surface area contributed by atoms with Gasteiger partial charge in [-0.3, -0.25) is 19.2 Å². The summed E-state index contributed by atoms with van der Waals surface area (Å²) in [5.74, 6) is -2.41. The first kappa shape index (κ1) is 22.3. The van der Waals surface area contributed by atoms with Crippen LogP contribution in [-0.2, 0) is 25.7 Å². The summed E-state index contributed by atoms with van der Waals surface area (Å²) in [6, 6.07) is 15.9. The fraction of sp³-hybridized carbons (Fsp3) is 0.190. The summed E-state index contributed by atoms with van der Waals surface area (Å²) in [6.45, 7) is 3.13. The van der Waals surface area contributed by atoms with E-state index in [4.69, 9.17) is 0 Å². The van der Waals surface area contributed by atoms with Gasteiger partial charge in [0.2, 0.25) is 11.8 Å². The molecule has 30 heavy (non-hydrogen) atoms. The third-order valence-electron chi connectivity index (χ3n) is 3.78. The molecule has 0 saturated heterocycles. The molecular formula is C21H23N5O4. The Kier molecular flexibility index (Phi) is 8.25. The molecule has 0 saturated carbocycles. The highest BCUT2D eigenvalue weighted by Crippen LogP contribution is 2.21. The molecule has 2 aromatic carbocycles. The van der Waals surface area contributed by atoms with E-state index >= 15 is 0 Å². The Bertz CT molecular complexity index is 957. The zero-order chi connectivity index (χ0) is 21.9. The molecule has 0 radical (unpaired) electrons. The Morgan fingerprint density at radius 3 is 2.03 bits per heavy atom. The van der Waals surface area contributed by atoms with Gasteiger partial charge in [0.1, 0.15) is 0 Å². The number of carbonyl (C=O) groups is 4.